The Bertz CT molecular complexity index is 760. The molecule has 0 saturated carbocycles. The highest BCUT2D eigenvalue weighted by Crippen LogP contribution is 2.31. The summed E-state index contributed by atoms with van der Waals surface area (Å²) in [5, 5.41) is 0.889. The minimum atomic E-state index is -0.111. The van der Waals surface area contributed by atoms with Crippen molar-refractivity contribution >= 4 is 48.6 Å². The van der Waals surface area contributed by atoms with Gasteiger partial charge < -0.3 is 4.42 Å². The number of hydrogen-bond donors (Lipinski definition) is 0. The van der Waals surface area contributed by atoms with Crippen molar-refractivity contribution in [2.45, 2.75) is 0 Å². The number of halogens is 2. The number of carbonyl (C=O) groups excluding carboxylic acids is 1. The number of rotatable bonds is 2. The van der Waals surface area contributed by atoms with Crippen molar-refractivity contribution < 1.29 is 9.21 Å². The van der Waals surface area contributed by atoms with Gasteiger partial charge in [-0.05, 0) is 34.1 Å². The van der Waals surface area contributed by atoms with Crippen LogP contribution in [0.2, 0.25) is 0 Å². The molecule has 1 aromatic heterocycles. The molecule has 0 bridgehead atoms. The van der Waals surface area contributed by atoms with Crippen LogP contribution in [0, 0.1) is 0 Å². The van der Waals surface area contributed by atoms with Gasteiger partial charge >= 0.3 is 0 Å². The summed E-state index contributed by atoms with van der Waals surface area (Å²) in [5.41, 5.74) is 1.30. The maximum Gasteiger partial charge on any atom is 0.228 e. The van der Waals surface area contributed by atoms with Crippen LogP contribution in [0.5, 0.6) is 0 Å². The molecule has 0 atom stereocenters. The average Bonchev–Trinajstić information content (AvgIpc) is 2.83. The molecule has 0 spiro atoms. The monoisotopic (exact) mass is 378 g/mol. The van der Waals surface area contributed by atoms with Gasteiger partial charge in [-0.1, -0.05) is 46.3 Å². The van der Waals surface area contributed by atoms with Crippen LogP contribution in [-0.4, -0.2) is 5.78 Å². The molecule has 3 rings (SSSR count). The van der Waals surface area contributed by atoms with E-state index in [1.165, 1.54) is 0 Å². The summed E-state index contributed by atoms with van der Waals surface area (Å²) < 4.78 is 7.41. The number of hydrogen-bond acceptors (Lipinski definition) is 2. The molecule has 0 aliphatic rings. The molecule has 3 aromatic rings. The van der Waals surface area contributed by atoms with Crippen molar-refractivity contribution in [1.29, 1.82) is 0 Å². The van der Waals surface area contributed by atoms with Crippen molar-refractivity contribution in [3.05, 3.63) is 68.8 Å². The second kappa shape index (κ2) is 4.94. The Morgan fingerprint density at radius 2 is 1.74 bits per heavy atom. The van der Waals surface area contributed by atoms with Crippen LogP contribution in [0.3, 0.4) is 0 Å². The summed E-state index contributed by atoms with van der Waals surface area (Å²) in [7, 11) is 0. The zero-order chi connectivity index (χ0) is 13.4. The first-order valence-corrected chi connectivity index (χ1v) is 7.22. The summed E-state index contributed by atoms with van der Waals surface area (Å²) in [4.78, 5) is 12.3. The van der Waals surface area contributed by atoms with Crippen molar-refractivity contribution in [3.8, 4) is 0 Å². The van der Waals surface area contributed by atoms with Gasteiger partial charge in [0.15, 0.2) is 5.76 Å². The molecule has 0 amide bonds. The molecule has 0 saturated heterocycles. The van der Waals surface area contributed by atoms with Gasteiger partial charge in [-0.3, -0.25) is 4.79 Å². The van der Waals surface area contributed by atoms with Crippen LogP contribution < -0.4 is 0 Å². The normalized spacial score (nSPS) is 10.8. The zero-order valence-corrected chi connectivity index (χ0v) is 12.9. The number of ketones is 1. The molecule has 0 unspecified atom stereocenters. The fourth-order valence-corrected chi connectivity index (χ4v) is 3.26. The van der Waals surface area contributed by atoms with E-state index in [0.717, 1.165) is 14.3 Å². The fraction of sp³-hybridized carbons (Fsp3) is 0. The van der Waals surface area contributed by atoms with Crippen molar-refractivity contribution in [3.63, 3.8) is 0 Å². The summed E-state index contributed by atoms with van der Waals surface area (Å²) in [6, 6.07) is 14.7. The summed E-state index contributed by atoms with van der Waals surface area (Å²) in [6.07, 6.45) is 0. The Labute approximate surface area is 126 Å². The van der Waals surface area contributed by atoms with Gasteiger partial charge in [0.25, 0.3) is 0 Å². The highest BCUT2D eigenvalue weighted by molar-refractivity contribution is 9.11. The molecule has 1 heterocycles. The molecule has 19 heavy (non-hydrogen) atoms. The third-order valence-corrected chi connectivity index (χ3v) is 3.84. The van der Waals surface area contributed by atoms with Crippen LogP contribution >= 0.6 is 31.9 Å². The maximum absolute atomic E-state index is 12.3. The van der Waals surface area contributed by atoms with Gasteiger partial charge in [-0.2, -0.15) is 0 Å². The van der Waals surface area contributed by atoms with E-state index in [2.05, 4.69) is 31.9 Å². The maximum atomic E-state index is 12.3. The summed E-state index contributed by atoms with van der Waals surface area (Å²) >= 11 is 6.85. The first-order chi connectivity index (χ1) is 9.15. The van der Waals surface area contributed by atoms with E-state index in [9.17, 15) is 4.79 Å². The predicted octanol–water partition coefficient (Wildman–Crippen LogP) is 5.19. The molecular weight excluding hydrogens is 372 g/mol. The lowest BCUT2D eigenvalue weighted by molar-refractivity contribution is 0.101. The van der Waals surface area contributed by atoms with Crippen LogP contribution in [0.1, 0.15) is 16.1 Å². The highest BCUT2D eigenvalue weighted by atomic mass is 79.9. The number of carbonyl (C=O) groups is 1. The van der Waals surface area contributed by atoms with E-state index in [1.54, 1.807) is 18.2 Å². The lowest BCUT2D eigenvalue weighted by Gasteiger charge is -1.96. The van der Waals surface area contributed by atoms with Crippen LogP contribution in [0.15, 0.2) is 61.9 Å². The minimum Gasteiger partial charge on any atom is -0.451 e. The number of furan rings is 1. The minimum absolute atomic E-state index is 0.111. The van der Waals surface area contributed by atoms with Crippen LogP contribution in [0.25, 0.3) is 11.0 Å². The third kappa shape index (κ3) is 2.38. The summed E-state index contributed by atoms with van der Waals surface area (Å²) in [5.74, 6) is 0.236. The van der Waals surface area contributed by atoms with E-state index in [0.29, 0.717) is 16.9 Å². The Hall–Kier alpha value is -1.39. The van der Waals surface area contributed by atoms with E-state index in [1.807, 2.05) is 30.3 Å². The molecule has 0 fully saturated rings. The molecule has 0 aliphatic carbocycles. The highest BCUT2D eigenvalue weighted by Gasteiger charge is 2.15. The Morgan fingerprint density at radius 1 is 1.00 bits per heavy atom. The zero-order valence-electron chi connectivity index (χ0n) is 9.69. The van der Waals surface area contributed by atoms with Gasteiger partial charge in [-0.25, -0.2) is 0 Å². The molecule has 2 aromatic carbocycles. The SMILES string of the molecule is O=C(c1ccccc1)c1cc2cc(Br)cc(Br)c2o1. The molecular formula is C15H8Br2O2. The van der Waals surface area contributed by atoms with Gasteiger partial charge in [0.05, 0.1) is 4.47 Å². The number of fused-ring (bicyclic) bond motifs is 1. The average molecular weight is 380 g/mol. The first kappa shape index (κ1) is 12.6. The van der Waals surface area contributed by atoms with Gasteiger partial charge in [0.2, 0.25) is 5.78 Å². The lowest BCUT2D eigenvalue weighted by Crippen LogP contribution is -1.98. The molecule has 0 radical (unpaired) electrons. The Morgan fingerprint density at radius 3 is 2.47 bits per heavy atom. The van der Waals surface area contributed by atoms with Gasteiger partial charge in [0.1, 0.15) is 5.58 Å². The van der Waals surface area contributed by atoms with Crippen LogP contribution in [-0.2, 0) is 0 Å². The fourth-order valence-electron chi connectivity index (χ4n) is 1.92. The smallest absolute Gasteiger partial charge is 0.228 e. The largest absolute Gasteiger partial charge is 0.451 e. The standard InChI is InChI=1S/C15H8Br2O2/c16-11-6-10-7-13(19-15(10)12(17)8-11)14(18)9-4-2-1-3-5-9/h1-8H. The van der Waals surface area contributed by atoms with Crippen molar-refractivity contribution in [2.24, 2.45) is 0 Å². The van der Waals surface area contributed by atoms with Crippen molar-refractivity contribution in [2.75, 3.05) is 0 Å². The third-order valence-electron chi connectivity index (χ3n) is 2.80. The van der Waals surface area contributed by atoms with Crippen molar-refractivity contribution in [1.82, 2.24) is 0 Å². The molecule has 2 nitrogen and oxygen atoms in total. The molecule has 0 aliphatic heterocycles. The van der Waals surface area contributed by atoms with Gasteiger partial charge in [0, 0.05) is 15.4 Å². The number of benzene rings is 2. The van der Waals surface area contributed by atoms with Crippen LogP contribution in [0.4, 0.5) is 0 Å². The van der Waals surface area contributed by atoms with E-state index >= 15 is 0 Å². The second-order valence-electron chi connectivity index (χ2n) is 4.11. The molecule has 4 heteroatoms. The van der Waals surface area contributed by atoms with E-state index in [4.69, 9.17) is 4.42 Å². The Kier molecular flexibility index (Phi) is 3.29. The summed E-state index contributed by atoms with van der Waals surface area (Å²) in [6.45, 7) is 0. The Balaban J connectivity index is 2.12. The quantitative estimate of drug-likeness (QED) is 0.573. The first-order valence-electron chi connectivity index (χ1n) is 5.63. The predicted molar refractivity (Wildman–Crippen MR) is 81.5 cm³/mol. The molecule has 0 N–H and O–H groups in total. The second-order valence-corrected chi connectivity index (χ2v) is 5.88. The van der Waals surface area contributed by atoms with Gasteiger partial charge in [-0.15, -0.1) is 0 Å². The topological polar surface area (TPSA) is 30.2 Å². The lowest BCUT2D eigenvalue weighted by atomic mass is 10.1. The van der Waals surface area contributed by atoms with E-state index < -0.39 is 0 Å². The molecule has 94 valence electrons. The van der Waals surface area contributed by atoms with E-state index in [-0.39, 0.29) is 5.78 Å².